The predicted molar refractivity (Wildman–Crippen MR) is 121 cm³/mol. The van der Waals surface area contributed by atoms with E-state index < -0.39 is 27.8 Å². The van der Waals surface area contributed by atoms with Gasteiger partial charge in [0.25, 0.3) is 0 Å². The SMILES string of the molecule is O=C(CCc1cccc(OCc2ccc(C(F)(F)F)cc2)c1)[C@@H]1CCCN1S(=O)(=O)c1ccoc1. The molecule has 1 aliphatic heterocycles. The van der Waals surface area contributed by atoms with E-state index in [1.165, 1.54) is 28.8 Å². The van der Waals surface area contributed by atoms with Crippen LogP contribution in [-0.2, 0) is 34.0 Å². The van der Waals surface area contributed by atoms with Crippen LogP contribution in [0.5, 0.6) is 5.75 Å². The van der Waals surface area contributed by atoms with Gasteiger partial charge in [-0.25, -0.2) is 8.42 Å². The van der Waals surface area contributed by atoms with Gasteiger partial charge in [0.15, 0.2) is 5.78 Å². The van der Waals surface area contributed by atoms with Crippen molar-refractivity contribution in [3.05, 3.63) is 83.8 Å². The second-order valence-electron chi connectivity index (χ2n) is 8.33. The fourth-order valence-corrected chi connectivity index (χ4v) is 5.67. The highest BCUT2D eigenvalue weighted by atomic mass is 32.2. The van der Waals surface area contributed by atoms with Crippen LogP contribution in [0.15, 0.2) is 76.4 Å². The number of sulfonamides is 1. The van der Waals surface area contributed by atoms with Crippen LogP contribution in [0.3, 0.4) is 0 Å². The summed E-state index contributed by atoms with van der Waals surface area (Å²) in [6.45, 7) is 0.390. The molecule has 0 bridgehead atoms. The molecule has 1 saturated heterocycles. The summed E-state index contributed by atoms with van der Waals surface area (Å²) in [5.41, 5.74) is 0.718. The van der Waals surface area contributed by atoms with Gasteiger partial charge in [0, 0.05) is 13.0 Å². The van der Waals surface area contributed by atoms with E-state index in [2.05, 4.69) is 0 Å². The molecule has 1 atom stereocenters. The number of rotatable bonds is 9. The number of furan rings is 1. The third-order valence-electron chi connectivity index (χ3n) is 5.92. The van der Waals surface area contributed by atoms with Crippen LogP contribution in [0.4, 0.5) is 13.2 Å². The second-order valence-corrected chi connectivity index (χ2v) is 10.2. The van der Waals surface area contributed by atoms with E-state index in [4.69, 9.17) is 9.15 Å². The summed E-state index contributed by atoms with van der Waals surface area (Å²) < 4.78 is 75.6. The molecule has 3 aromatic rings. The first kappa shape index (κ1) is 25.0. The normalized spacial score (nSPS) is 16.9. The highest BCUT2D eigenvalue weighted by Crippen LogP contribution is 2.30. The Morgan fingerprint density at radius 1 is 1.09 bits per heavy atom. The lowest BCUT2D eigenvalue weighted by Crippen LogP contribution is -2.40. The highest BCUT2D eigenvalue weighted by Gasteiger charge is 2.39. The summed E-state index contributed by atoms with van der Waals surface area (Å²) in [7, 11) is -3.79. The minimum Gasteiger partial charge on any atom is -0.489 e. The lowest BCUT2D eigenvalue weighted by Gasteiger charge is -2.22. The van der Waals surface area contributed by atoms with Gasteiger partial charge >= 0.3 is 6.18 Å². The van der Waals surface area contributed by atoms with Crippen LogP contribution >= 0.6 is 0 Å². The van der Waals surface area contributed by atoms with E-state index in [1.54, 1.807) is 18.2 Å². The lowest BCUT2D eigenvalue weighted by molar-refractivity contribution is -0.137. The van der Waals surface area contributed by atoms with Crippen molar-refractivity contribution in [2.75, 3.05) is 6.54 Å². The Kier molecular flexibility index (Phi) is 7.32. The molecule has 0 amide bonds. The minimum atomic E-state index is -4.38. The maximum absolute atomic E-state index is 12.9. The first-order chi connectivity index (χ1) is 16.6. The molecular weight excluding hydrogens is 483 g/mol. The average molecular weight is 508 g/mol. The zero-order chi connectivity index (χ0) is 25.1. The van der Waals surface area contributed by atoms with Crippen LogP contribution in [0, 0.1) is 0 Å². The maximum Gasteiger partial charge on any atom is 0.416 e. The van der Waals surface area contributed by atoms with E-state index in [-0.39, 0.29) is 30.3 Å². The van der Waals surface area contributed by atoms with E-state index in [9.17, 15) is 26.4 Å². The molecular formula is C25H24F3NO5S. The molecule has 0 unspecified atom stereocenters. The standard InChI is InChI=1S/C25H24F3NO5S/c26-25(27,28)20-9-6-19(7-10-20)16-34-21-4-1-3-18(15-21)8-11-24(30)23-5-2-13-29(23)35(31,32)22-12-14-33-17-22/h1,3-4,6-7,9-10,12,14-15,17,23H,2,5,8,11,13,16H2/t23-/m0/s1. The summed E-state index contributed by atoms with van der Waals surface area (Å²) in [5, 5.41) is 0. The maximum atomic E-state index is 12.9. The molecule has 0 spiro atoms. The number of benzene rings is 2. The summed E-state index contributed by atoms with van der Waals surface area (Å²) in [5.74, 6) is 0.380. The number of nitrogens with zero attached hydrogens (tertiary/aromatic N) is 1. The molecule has 186 valence electrons. The molecule has 0 saturated carbocycles. The largest absolute Gasteiger partial charge is 0.489 e. The van der Waals surface area contributed by atoms with Gasteiger partial charge in [-0.3, -0.25) is 4.79 Å². The third kappa shape index (κ3) is 5.94. The fourth-order valence-electron chi connectivity index (χ4n) is 4.07. The Labute approximate surface area is 201 Å². The van der Waals surface area contributed by atoms with Gasteiger partial charge in [-0.2, -0.15) is 17.5 Å². The van der Waals surface area contributed by atoms with Crippen LogP contribution < -0.4 is 4.74 Å². The number of hydrogen-bond donors (Lipinski definition) is 0. The van der Waals surface area contributed by atoms with E-state index >= 15 is 0 Å². The molecule has 10 heteroatoms. The van der Waals surface area contributed by atoms with Crippen molar-refractivity contribution in [2.45, 2.75) is 49.4 Å². The Morgan fingerprint density at radius 2 is 1.86 bits per heavy atom. The number of ether oxygens (including phenoxy) is 1. The molecule has 1 fully saturated rings. The quantitative estimate of drug-likeness (QED) is 0.396. The molecule has 2 aromatic carbocycles. The number of halogens is 3. The van der Waals surface area contributed by atoms with Crippen LogP contribution in [0.1, 0.15) is 36.0 Å². The molecule has 6 nitrogen and oxygen atoms in total. The molecule has 4 rings (SSSR count). The van der Waals surface area contributed by atoms with E-state index in [0.717, 1.165) is 24.0 Å². The van der Waals surface area contributed by atoms with Crippen molar-refractivity contribution in [3.8, 4) is 5.75 Å². The van der Waals surface area contributed by atoms with Crippen molar-refractivity contribution in [2.24, 2.45) is 0 Å². The Balaban J connectivity index is 1.33. The molecule has 0 N–H and O–H groups in total. The monoisotopic (exact) mass is 507 g/mol. The number of alkyl halides is 3. The Bertz CT molecular complexity index is 1260. The van der Waals surface area contributed by atoms with Crippen molar-refractivity contribution in [1.82, 2.24) is 4.31 Å². The zero-order valence-corrected chi connectivity index (χ0v) is 19.5. The average Bonchev–Trinajstić information content (AvgIpc) is 3.54. The number of Topliss-reactive ketones (excluding diaryl/α,β-unsaturated/α-hetero) is 1. The third-order valence-corrected chi connectivity index (χ3v) is 7.80. The number of hydrogen-bond acceptors (Lipinski definition) is 5. The smallest absolute Gasteiger partial charge is 0.416 e. The number of carbonyl (C=O) groups is 1. The van der Waals surface area contributed by atoms with Gasteiger partial charge in [-0.15, -0.1) is 0 Å². The van der Waals surface area contributed by atoms with Crippen LogP contribution in [0.25, 0.3) is 0 Å². The van der Waals surface area contributed by atoms with Crippen molar-refractivity contribution < 1.29 is 35.5 Å². The minimum absolute atomic E-state index is 0.0371. The molecule has 1 aliphatic rings. The van der Waals surface area contributed by atoms with Gasteiger partial charge in [0.2, 0.25) is 10.0 Å². The fraction of sp³-hybridized carbons (Fsp3) is 0.320. The summed E-state index contributed by atoms with van der Waals surface area (Å²) in [4.78, 5) is 12.9. The summed E-state index contributed by atoms with van der Waals surface area (Å²) in [6, 6.07) is 12.5. The Morgan fingerprint density at radius 3 is 2.54 bits per heavy atom. The van der Waals surface area contributed by atoms with Crippen molar-refractivity contribution in [1.29, 1.82) is 0 Å². The van der Waals surface area contributed by atoms with Crippen molar-refractivity contribution in [3.63, 3.8) is 0 Å². The Hall–Kier alpha value is -3.11. The predicted octanol–water partition coefficient (Wildman–Crippen LogP) is 5.23. The van der Waals surface area contributed by atoms with E-state index in [1.807, 2.05) is 6.07 Å². The molecule has 35 heavy (non-hydrogen) atoms. The zero-order valence-electron chi connectivity index (χ0n) is 18.7. The molecule has 0 radical (unpaired) electrons. The van der Waals surface area contributed by atoms with Gasteiger partial charge in [0.1, 0.15) is 23.5 Å². The van der Waals surface area contributed by atoms with Gasteiger partial charge in [-0.05, 0) is 60.7 Å². The summed E-state index contributed by atoms with van der Waals surface area (Å²) >= 11 is 0. The van der Waals surface area contributed by atoms with Crippen LogP contribution in [-0.4, -0.2) is 31.1 Å². The number of carbonyl (C=O) groups excluding carboxylic acids is 1. The van der Waals surface area contributed by atoms with E-state index in [0.29, 0.717) is 30.6 Å². The van der Waals surface area contributed by atoms with Crippen LogP contribution in [0.2, 0.25) is 0 Å². The first-order valence-corrected chi connectivity index (χ1v) is 12.5. The molecule has 1 aromatic heterocycles. The van der Waals surface area contributed by atoms with Gasteiger partial charge in [-0.1, -0.05) is 24.3 Å². The topological polar surface area (TPSA) is 76.8 Å². The lowest BCUT2D eigenvalue weighted by atomic mass is 10.0. The van der Waals surface area contributed by atoms with Gasteiger partial charge in [0.05, 0.1) is 17.9 Å². The van der Waals surface area contributed by atoms with Gasteiger partial charge < -0.3 is 9.15 Å². The highest BCUT2D eigenvalue weighted by molar-refractivity contribution is 7.89. The van der Waals surface area contributed by atoms with Crippen molar-refractivity contribution >= 4 is 15.8 Å². The first-order valence-electron chi connectivity index (χ1n) is 11.1. The second kappa shape index (κ2) is 10.2. The summed E-state index contributed by atoms with van der Waals surface area (Å²) in [6.07, 6.45) is -0.272. The number of ketones is 1. The molecule has 2 heterocycles. The number of aryl methyl sites for hydroxylation is 1. The molecule has 0 aliphatic carbocycles.